The molecule has 1 aromatic carbocycles. The molecule has 5 nitrogen and oxygen atoms in total. The molecule has 2 aliphatic heterocycles. The Labute approximate surface area is 155 Å². The molecule has 2 heterocycles. The quantitative estimate of drug-likeness (QED) is 0.461. The van der Waals surface area contributed by atoms with Crippen molar-refractivity contribution in [2.75, 3.05) is 26.8 Å². The Balaban J connectivity index is 1.60. The van der Waals surface area contributed by atoms with E-state index in [2.05, 4.69) is 4.90 Å². The Hall–Kier alpha value is -2.32. The topological polar surface area (TPSA) is 62.6 Å². The summed E-state index contributed by atoms with van der Waals surface area (Å²) in [5, 5.41) is 9.33. The number of carbonyl (C=O) groups is 1. The first-order valence-corrected chi connectivity index (χ1v) is 9.38. The van der Waals surface area contributed by atoms with E-state index in [0.29, 0.717) is 18.6 Å². The molecule has 0 bridgehead atoms. The zero-order valence-electron chi connectivity index (χ0n) is 15.3. The molecule has 3 rings (SSSR count). The Kier molecular flexibility index (Phi) is 6.30. The van der Waals surface area contributed by atoms with Crippen molar-refractivity contribution >= 4 is 12.0 Å². The molecule has 0 unspecified atom stereocenters. The van der Waals surface area contributed by atoms with E-state index in [1.807, 2.05) is 18.2 Å². The monoisotopic (exact) mass is 354 g/mol. The second kappa shape index (κ2) is 8.86. The first-order chi connectivity index (χ1) is 12.7. The zero-order chi connectivity index (χ0) is 18.4. The van der Waals surface area contributed by atoms with Gasteiger partial charge < -0.3 is 9.47 Å². The molecule has 0 radical (unpaired) electrons. The second-order valence-electron chi connectivity index (χ2n) is 7.04. The van der Waals surface area contributed by atoms with E-state index < -0.39 is 5.97 Å². The Morgan fingerprint density at radius 3 is 2.73 bits per heavy atom. The van der Waals surface area contributed by atoms with Crippen LogP contribution in [0.15, 0.2) is 29.8 Å². The van der Waals surface area contributed by atoms with Crippen molar-refractivity contribution in [3.63, 3.8) is 0 Å². The minimum Gasteiger partial charge on any atom is -0.497 e. The van der Waals surface area contributed by atoms with Crippen molar-refractivity contribution in [3.8, 4) is 11.8 Å². The first kappa shape index (κ1) is 18.5. The number of carbonyl (C=O) groups excluding carboxylic acids is 1. The maximum Gasteiger partial charge on any atom is 0.348 e. The van der Waals surface area contributed by atoms with Crippen molar-refractivity contribution in [2.45, 2.75) is 38.1 Å². The predicted octanol–water partition coefficient (Wildman–Crippen LogP) is 3.41. The van der Waals surface area contributed by atoms with E-state index in [4.69, 9.17) is 9.47 Å². The van der Waals surface area contributed by atoms with E-state index in [1.165, 1.54) is 19.3 Å². The average molecular weight is 354 g/mol. The number of hydrogen-bond acceptors (Lipinski definition) is 5. The molecule has 0 aromatic heterocycles. The van der Waals surface area contributed by atoms with Crippen LogP contribution in [0, 0.1) is 17.2 Å². The summed E-state index contributed by atoms with van der Waals surface area (Å²) >= 11 is 0. The number of benzene rings is 1. The third-order valence-electron chi connectivity index (χ3n) is 5.42. The summed E-state index contributed by atoms with van der Waals surface area (Å²) in [6.45, 7) is 2.73. The fraction of sp³-hybridized carbons (Fsp3) is 0.524. The van der Waals surface area contributed by atoms with Gasteiger partial charge in [-0.05, 0) is 62.5 Å². The fourth-order valence-corrected chi connectivity index (χ4v) is 4.04. The third kappa shape index (κ3) is 4.44. The summed E-state index contributed by atoms with van der Waals surface area (Å²) in [6.07, 6.45) is 7.53. The summed E-state index contributed by atoms with van der Waals surface area (Å²) < 4.78 is 10.6. The standard InChI is InChI=1S/C21H26N2O3/c1-25-19-9-7-16(8-10-19)13-18(14-22)21(24)26-15-17-5-4-12-23-11-3-2-6-20(17)23/h7-10,13,17,20H,2-6,11-12,15H2,1H3/t17-,20-/m1/s1. The van der Waals surface area contributed by atoms with Crippen LogP contribution in [0.25, 0.3) is 6.08 Å². The predicted molar refractivity (Wildman–Crippen MR) is 99.5 cm³/mol. The van der Waals surface area contributed by atoms with Crippen LogP contribution in [-0.2, 0) is 9.53 Å². The molecule has 2 atom stereocenters. The molecule has 0 amide bonds. The van der Waals surface area contributed by atoms with Gasteiger partial charge in [-0.15, -0.1) is 0 Å². The summed E-state index contributed by atoms with van der Waals surface area (Å²) in [7, 11) is 1.60. The smallest absolute Gasteiger partial charge is 0.348 e. The van der Waals surface area contributed by atoms with Gasteiger partial charge in [-0.2, -0.15) is 5.26 Å². The number of rotatable bonds is 5. The van der Waals surface area contributed by atoms with Gasteiger partial charge in [-0.1, -0.05) is 18.6 Å². The van der Waals surface area contributed by atoms with Gasteiger partial charge in [0.1, 0.15) is 17.4 Å². The number of esters is 1. The summed E-state index contributed by atoms with van der Waals surface area (Å²) in [6, 6.07) is 9.71. The highest BCUT2D eigenvalue weighted by molar-refractivity contribution is 5.97. The van der Waals surface area contributed by atoms with Gasteiger partial charge in [-0.25, -0.2) is 4.79 Å². The molecule has 0 aliphatic carbocycles. The van der Waals surface area contributed by atoms with E-state index in [-0.39, 0.29) is 5.57 Å². The lowest BCUT2D eigenvalue weighted by atomic mass is 9.84. The number of nitriles is 1. The number of ether oxygens (including phenoxy) is 2. The lowest BCUT2D eigenvalue weighted by molar-refractivity contribution is -0.141. The SMILES string of the molecule is COc1ccc(C=C(C#N)C(=O)OC[C@H]2CCCN3CCCC[C@H]23)cc1. The van der Waals surface area contributed by atoms with Crippen molar-refractivity contribution in [2.24, 2.45) is 5.92 Å². The number of fused-ring (bicyclic) bond motifs is 1. The normalized spacial score (nSPS) is 23.6. The first-order valence-electron chi connectivity index (χ1n) is 9.38. The van der Waals surface area contributed by atoms with E-state index in [0.717, 1.165) is 37.2 Å². The molecule has 2 saturated heterocycles. The summed E-state index contributed by atoms with van der Waals surface area (Å²) in [5.41, 5.74) is 0.807. The summed E-state index contributed by atoms with van der Waals surface area (Å²) in [4.78, 5) is 14.9. The number of nitrogens with zero attached hydrogens (tertiary/aromatic N) is 2. The van der Waals surface area contributed by atoms with Crippen molar-refractivity contribution in [1.82, 2.24) is 4.90 Å². The van der Waals surface area contributed by atoms with E-state index in [1.54, 1.807) is 25.3 Å². The lowest BCUT2D eigenvalue weighted by Gasteiger charge is -2.44. The van der Waals surface area contributed by atoms with Gasteiger partial charge in [0.15, 0.2) is 0 Å². The zero-order valence-corrected chi connectivity index (χ0v) is 15.3. The van der Waals surface area contributed by atoms with Crippen LogP contribution in [0.1, 0.15) is 37.7 Å². The molecule has 138 valence electrons. The lowest BCUT2D eigenvalue weighted by Crippen LogP contribution is -2.49. The van der Waals surface area contributed by atoms with Crippen LogP contribution < -0.4 is 4.74 Å². The molecular formula is C21H26N2O3. The van der Waals surface area contributed by atoms with Crippen LogP contribution in [0.4, 0.5) is 0 Å². The van der Waals surface area contributed by atoms with E-state index >= 15 is 0 Å². The van der Waals surface area contributed by atoms with Gasteiger partial charge in [0.05, 0.1) is 13.7 Å². The fourth-order valence-electron chi connectivity index (χ4n) is 4.04. The maximum absolute atomic E-state index is 12.4. The highest BCUT2D eigenvalue weighted by Crippen LogP contribution is 2.31. The van der Waals surface area contributed by atoms with E-state index in [9.17, 15) is 10.1 Å². The number of piperidine rings is 2. The molecule has 0 saturated carbocycles. The molecule has 2 fully saturated rings. The number of methoxy groups -OCH3 is 1. The molecular weight excluding hydrogens is 328 g/mol. The highest BCUT2D eigenvalue weighted by atomic mass is 16.5. The second-order valence-corrected chi connectivity index (χ2v) is 7.04. The third-order valence-corrected chi connectivity index (χ3v) is 5.42. The van der Waals surface area contributed by atoms with Gasteiger partial charge >= 0.3 is 5.97 Å². The van der Waals surface area contributed by atoms with Crippen molar-refractivity contribution in [3.05, 3.63) is 35.4 Å². The van der Waals surface area contributed by atoms with Crippen LogP contribution in [0.2, 0.25) is 0 Å². The average Bonchev–Trinajstić information content (AvgIpc) is 2.70. The Morgan fingerprint density at radius 1 is 1.23 bits per heavy atom. The molecule has 2 aliphatic rings. The Bertz CT molecular complexity index is 688. The van der Waals surface area contributed by atoms with Crippen LogP contribution in [0.5, 0.6) is 5.75 Å². The van der Waals surface area contributed by atoms with Crippen LogP contribution in [0.3, 0.4) is 0 Å². The molecule has 0 N–H and O–H groups in total. The molecule has 26 heavy (non-hydrogen) atoms. The highest BCUT2D eigenvalue weighted by Gasteiger charge is 2.33. The maximum atomic E-state index is 12.4. The number of hydrogen-bond donors (Lipinski definition) is 0. The molecule has 1 aromatic rings. The van der Waals surface area contributed by atoms with Crippen molar-refractivity contribution in [1.29, 1.82) is 5.26 Å². The van der Waals surface area contributed by atoms with Crippen LogP contribution in [-0.4, -0.2) is 43.7 Å². The van der Waals surface area contributed by atoms with Crippen LogP contribution >= 0.6 is 0 Å². The minimum absolute atomic E-state index is 0.0338. The largest absolute Gasteiger partial charge is 0.497 e. The van der Waals surface area contributed by atoms with Gasteiger partial charge in [0, 0.05) is 12.0 Å². The van der Waals surface area contributed by atoms with Gasteiger partial charge in [0.2, 0.25) is 0 Å². The van der Waals surface area contributed by atoms with Gasteiger partial charge in [0.25, 0.3) is 0 Å². The Morgan fingerprint density at radius 2 is 2.00 bits per heavy atom. The van der Waals surface area contributed by atoms with Crippen molar-refractivity contribution < 1.29 is 14.3 Å². The molecule has 5 heteroatoms. The minimum atomic E-state index is -0.531. The summed E-state index contributed by atoms with van der Waals surface area (Å²) in [5.74, 6) is 0.586. The van der Waals surface area contributed by atoms with Gasteiger partial charge in [-0.3, -0.25) is 4.90 Å². The molecule has 0 spiro atoms.